The second-order valence-corrected chi connectivity index (χ2v) is 17.3. The number of ether oxygens (including phenoxy) is 3. The SMILES string of the molecule is CC(C)(C)N(C(=O)O)C(C)(CO)CO.CCCCCCCCCCCC(=O)OCC(C)(COC(=O)CCCCCCCCCCC)NC(=O)OC(C)(C)C. The van der Waals surface area contributed by atoms with E-state index in [4.69, 9.17) is 29.5 Å². The zero-order chi connectivity index (χ0) is 41.7. The fourth-order valence-corrected chi connectivity index (χ4v) is 5.97. The van der Waals surface area contributed by atoms with Crippen molar-refractivity contribution in [3.05, 3.63) is 0 Å². The topological polar surface area (TPSA) is 172 Å². The summed E-state index contributed by atoms with van der Waals surface area (Å²) in [7, 11) is 0. The van der Waals surface area contributed by atoms with Gasteiger partial charge in [0, 0.05) is 18.4 Å². The molecule has 320 valence electrons. The fraction of sp³-hybridized carbons (Fsp3) is 0.905. The first-order valence-corrected chi connectivity index (χ1v) is 20.8. The number of aliphatic hydroxyl groups is 2. The molecule has 0 bridgehead atoms. The summed E-state index contributed by atoms with van der Waals surface area (Å²) in [5.74, 6) is -0.609. The number of hydrogen-bond donors (Lipinski definition) is 4. The number of carbonyl (C=O) groups is 4. The molecular weight excluding hydrogens is 692 g/mol. The van der Waals surface area contributed by atoms with Crippen molar-refractivity contribution in [2.24, 2.45) is 0 Å². The van der Waals surface area contributed by atoms with Gasteiger partial charge in [0.05, 0.1) is 18.8 Å². The Kier molecular flexibility index (Phi) is 29.4. The largest absolute Gasteiger partial charge is 0.465 e. The van der Waals surface area contributed by atoms with Gasteiger partial charge in [0.1, 0.15) is 24.4 Å². The highest BCUT2D eigenvalue weighted by atomic mass is 16.6. The quantitative estimate of drug-likeness (QED) is 0.0341. The van der Waals surface area contributed by atoms with Gasteiger partial charge >= 0.3 is 24.1 Å². The van der Waals surface area contributed by atoms with Crippen LogP contribution in [-0.4, -0.2) is 93.0 Å². The summed E-state index contributed by atoms with van der Waals surface area (Å²) in [4.78, 5) is 49.3. The van der Waals surface area contributed by atoms with Gasteiger partial charge in [0.15, 0.2) is 0 Å². The molecule has 0 aliphatic rings. The maximum absolute atomic E-state index is 12.5. The predicted octanol–water partition coefficient (Wildman–Crippen LogP) is 9.71. The Morgan fingerprint density at radius 3 is 1.15 bits per heavy atom. The van der Waals surface area contributed by atoms with Gasteiger partial charge in [-0.15, -0.1) is 0 Å². The van der Waals surface area contributed by atoms with Gasteiger partial charge in [-0.2, -0.15) is 0 Å². The van der Waals surface area contributed by atoms with Crippen LogP contribution in [0.15, 0.2) is 0 Å². The third-order valence-corrected chi connectivity index (χ3v) is 8.96. The van der Waals surface area contributed by atoms with E-state index in [-0.39, 0.29) is 25.2 Å². The number of esters is 2. The number of alkyl carbamates (subject to hydrolysis) is 1. The van der Waals surface area contributed by atoms with Crippen LogP contribution < -0.4 is 5.32 Å². The molecule has 0 radical (unpaired) electrons. The van der Waals surface area contributed by atoms with E-state index in [1.54, 1.807) is 48.5 Å². The molecule has 0 aromatic carbocycles. The molecule has 0 unspecified atom stereocenters. The highest BCUT2D eigenvalue weighted by Crippen LogP contribution is 2.25. The van der Waals surface area contributed by atoms with Crippen molar-refractivity contribution in [3.8, 4) is 0 Å². The molecule has 54 heavy (non-hydrogen) atoms. The number of carbonyl (C=O) groups excluding carboxylic acids is 3. The van der Waals surface area contributed by atoms with E-state index < -0.39 is 47.6 Å². The maximum Gasteiger partial charge on any atom is 0.408 e. The van der Waals surface area contributed by atoms with Crippen molar-refractivity contribution in [2.45, 2.75) is 220 Å². The summed E-state index contributed by atoms with van der Waals surface area (Å²) < 4.78 is 16.4. The van der Waals surface area contributed by atoms with Crippen molar-refractivity contribution < 1.29 is 48.7 Å². The first-order valence-electron chi connectivity index (χ1n) is 20.8. The molecule has 0 saturated carbocycles. The lowest BCUT2D eigenvalue weighted by molar-refractivity contribution is -0.150. The van der Waals surface area contributed by atoms with Crippen LogP contribution in [0.25, 0.3) is 0 Å². The molecule has 0 atom stereocenters. The minimum atomic E-state index is -1.15. The number of unbranched alkanes of at least 4 members (excludes halogenated alkanes) is 16. The fourth-order valence-electron chi connectivity index (χ4n) is 5.97. The summed E-state index contributed by atoms with van der Waals surface area (Å²) in [6, 6.07) is 0. The predicted molar refractivity (Wildman–Crippen MR) is 216 cm³/mol. The number of rotatable bonds is 28. The normalized spacial score (nSPS) is 12.0. The number of nitrogens with zero attached hydrogens (tertiary/aromatic N) is 1. The standard InChI is InChI=1S/C33H63NO6.C9H19NO4/c1-7-9-11-13-15-17-19-21-23-25-29(35)38-27-33(6,34-31(37)40-32(3,4)5)28-39-30(36)26-24-22-20-18-16-14-12-10-8-2;1-8(2,3)10(7(13)14)9(4,5-11)6-12/h7-28H2,1-6H3,(H,34,37);11-12H,5-6H2,1-4H3,(H,13,14). The monoisotopic (exact) mass is 775 g/mol. The molecule has 0 fully saturated rings. The van der Waals surface area contributed by atoms with Crippen LogP contribution in [-0.2, 0) is 23.8 Å². The zero-order valence-electron chi connectivity index (χ0n) is 36.1. The lowest BCUT2D eigenvalue weighted by atomic mass is 9.95. The molecule has 0 aliphatic heterocycles. The summed E-state index contributed by atoms with van der Waals surface area (Å²) in [6.45, 7) is 17.1. The van der Waals surface area contributed by atoms with Gasteiger partial charge in [-0.3, -0.25) is 14.5 Å². The van der Waals surface area contributed by atoms with E-state index in [9.17, 15) is 19.2 Å². The molecule has 0 aromatic rings. The van der Waals surface area contributed by atoms with E-state index in [0.29, 0.717) is 12.8 Å². The first-order chi connectivity index (χ1) is 25.2. The number of nitrogens with one attached hydrogen (secondary N) is 1. The number of amides is 2. The molecule has 12 nitrogen and oxygen atoms in total. The zero-order valence-corrected chi connectivity index (χ0v) is 36.1. The smallest absolute Gasteiger partial charge is 0.408 e. The Balaban J connectivity index is 0. The average Bonchev–Trinajstić information content (AvgIpc) is 3.07. The summed E-state index contributed by atoms with van der Waals surface area (Å²) in [5, 5.41) is 30.0. The van der Waals surface area contributed by atoms with Crippen LogP contribution in [0, 0.1) is 0 Å². The van der Waals surface area contributed by atoms with Crippen LogP contribution in [0.2, 0.25) is 0 Å². The Morgan fingerprint density at radius 2 is 0.889 bits per heavy atom. The minimum Gasteiger partial charge on any atom is -0.465 e. The Bertz CT molecular complexity index is 964. The van der Waals surface area contributed by atoms with Crippen molar-refractivity contribution in [3.63, 3.8) is 0 Å². The van der Waals surface area contributed by atoms with E-state index in [0.717, 1.165) is 43.4 Å². The van der Waals surface area contributed by atoms with Gasteiger partial charge in [-0.1, -0.05) is 117 Å². The number of aliphatic hydroxyl groups excluding tert-OH is 2. The van der Waals surface area contributed by atoms with Crippen LogP contribution in [0.4, 0.5) is 9.59 Å². The van der Waals surface area contributed by atoms with Crippen LogP contribution in [0.1, 0.15) is 198 Å². The number of hydrogen-bond acceptors (Lipinski definition) is 9. The second-order valence-electron chi connectivity index (χ2n) is 17.3. The molecule has 0 aliphatic carbocycles. The molecule has 0 aromatic heterocycles. The second kappa shape index (κ2) is 29.7. The van der Waals surface area contributed by atoms with Gasteiger partial charge in [-0.05, 0) is 68.2 Å². The molecule has 4 N–H and O–H groups in total. The van der Waals surface area contributed by atoms with Crippen LogP contribution in [0.3, 0.4) is 0 Å². The van der Waals surface area contributed by atoms with Crippen molar-refractivity contribution in [1.82, 2.24) is 10.2 Å². The van der Waals surface area contributed by atoms with Gasteiger partial charge in [0.25, 0.3) is 0 Å². The lowest BCUT2D eigenvalue weighted by Crippen LogP contribution is -2.61. The highest BCUT2D eigenvalue weighted by molar-refractivity contribution is 5.71. The number of carboxylic acid groups (broad SMARTS) is 1. The van der Waals surface area contributed by atoms with Crippen LogP contribution in [0.5, 0.6) is 0 Å². The van der Waals surface area contributed by atoms with E-state index >= 15 is 0 Å². The summed E-state index contributed by atoms with van der Waals surface area (Å²) in [6.07, 6.45) is 20.1. The third kappa shape index (κ3) is 28.8. The highest BCUT2D eigenvalue weighted by Gasteiger charge is 2.41. The van der Waals surface area contributed by atoms with Gasteiger partial charge in [-0.25, -0.2) is 9.59 Å². The first kappa shape index (κ1) is 53.5. The van der Waals surface area contributed by atoms with Crippen molar-refractivity contribution in [2.75, 3.05) is 26.4 Å². The molecule has 0 saturated heterocycles. The average molecular weight is 775 g/mol. The maximum atomic E-state index is 12.5. The molecule has 0 heterocycles. The summed E-state index contributed by atoms with van der Waals surface area (Å²) in [5.41, 5.74) is -3.56. The molecule has 0 spiro atoms. The van der Waals surface area contributed by atoms with Gasteiger partial charge < -0.3 is 34.8 Å². The van der Waals surface area contributed by atoms with Crippen LogP contribution >= 0.6 is 0 Å². The van der Waals surface area contributed by atoms with Gasteiger partial charge in [0.2, 0.25) is 0 Å². The molecular formula is C42H82N2O10. The Hall–Kier alpha value is -2.60. The lowest BCUT2D eigenvalue weighted by Gasteiger charge is -2.45. The molecule has 2 amide bonds. The van der Waals surface area contributed by atoms with Crippen molar-refractivity contribution in [1.29, 1.82) is 0 Å². The Morgan fingerprint density at radius 1 is 0.556 bits per heavy atom. The van der Waals surface area contributed by atoms with E-state index in [1.165, 1.54) is 84.0 Å². The summed E-state index contributed by atoms with van der Waals surface area (Å²) >= 11 is 0. The molecule has 12 heteroatoms. The third-order valence-electron chi connectivity index (χ3n) is 8.96. The van der Waals surface area contributed by atoms with E-state index in [2.05, 4.69) is 19.2 Å². The molecule has 0 rings (SSSR count). The van der Waals surface area contributed by atoms with E-state index in [1.807, 2.05) is 0 Å². The van der Waals surface area contributed by atoms with Crippen molar-refractivity contribution >= 4 is 24.1 Å². The minimum absolute atomic E-state index is 0.0895. The Labute approximate surface area is 328 Å².